The topological polar surface area (TPSA) is 101 Å². The van der Waals surface area contributed by atoms with Gasteiger partial charge in [0.1, 0.15) is 6.04 Å². The molecule has 162 valence electrons. The van der Waals surface area contributed by atoms with E-state index in [2.05, 4.69) is 10.3 Å². The lowest BCUT2D eigenvalue weighted by Crippen LogP contribution is -2.40. The molecule has 1 fully saturated rings. The van der Waals surface area contributed by atoms with Gasteiger partial charge in [-0.2, -0.15) is 0 Å². The number of urea groups is 1. The van der Waals surface area contributed by atoms with Gasteiger partial charge in [0.15, 0.2) is 11.5 Å². The van der Waals surface area contributed by atoms with Crippen LogP contribution in [-0.4, -0.2) is 59.4 Å². The molecule has 9 nitrogen and oxygen atoms in total. The summed E-state index contributed by atoms with van der Waals surface area (Å²) in [6.45, 7) is 0.657. The fourth-order valence-electron chi connectivity index (χ4n) is 3.96. The normalized spacial score (nSPS) is 17.3. The van der Waals surface area contributed by atoms with Gasteiger partial charge in [-0.25, -0.2) is 4.79 Å². The largest absolute Gasteiger partial charge is 0.493 e. The second kappa shape index (κ2) is 8.63. The molecule has 4 rings (SSSR count). The van der Waals surface area contributed by atoms with Gasteiger partial charge in [-0.1, -0.05) is 6.07 Å². The van der Waals surface area contributed by atoms with E-state index in [1.54, 1.807) is 31.4 Å². The highest BCUT2D eigenvalue weighted by Gasteiger charge is 2.47. The van der Waals surface area contributed by atoms with Crippen LogP contribution < -0.4 is 14.8 Å². The molecule has 2 aromatic rings. The highest BCUT2D eigenvalue weighted by molar-refractivity contribution is 6.05. The number of pyridine rings is 1. The molecule has 0 bridgehead atoms. The molecule has 1 atom stereocenters. The minimum absolute atomic E-state index is 0.0411. The molecule has 2 aliphatic heterocycles. The summed E-state index contributed by atoms with van der Waals surface area (Å²) < 4.78 is 10.7. The number of rotatable bonds is 7. The summed E-state index contributed by atoms with van der Waals surface area (Å²) in [5.74, 6) is 0.656. The van der Waals surface area contributed by atoms with E-state index in [-0.39, 0.29) is 30.8 Å². The van der Waals surface area contributed by atoms with Crippen molar-refractivity contribution < 1.29 is 23.9 Å². The highest BCUT2D eigenvalue weighted by atomic mass is 16.5. The molecular formula is C22H24N4O5. The number of ether oxygens (including phenoxy) is 2. The Kier molecular flexibility index (Phi) is 5.75. The van der Waals surface area contributed by atoms with Crippen LogP contribution in [0.5, 0.6) is 11.5 Å². The van der Waals surface area contributed by atoms with Gasteiger partial charge < -0.3 is 19.7 Å². The van der Waals surface area contributed by atoms with Crippen LogP contribution in [0.1, 0.15) is 23.2 Å². The number of aromatic nitrogens is 1. The van der Waals surface area contributed by atoms with Gasteiger partial charge in [0, 0.05) is 32.1 Å². The average molecular weight is 424 g/mol. The van der Waals surface area contributed by atoms with Gasteiger partial charge in [-0.05, 0) is 35.4 Å². The summed E-state index contributed by atoms with van der Waals surface area (Å²) in [5.41, 5.74) is 2.62. The summed E-state index contributed by atoms with van der Waals surface area (Å²) >= 11 is 0. The third-order valence-electron chi connectivity index (χ3n) is 5.62. The fraction of sp³-hybridized carbons (Fsp3) is 0.364. The lowest BCUT2D eigenvalue weighted by Gasteiger charge is -2.29. The molecule has 1 saturated heterocycles. The van der Waals surface area contributed by atoms with Gasteiger partial charge >= 0.3 is 6.03 Å². The Labute approximate surface area is 179 Å². The molecule has 31 heavy (non-hydrogen) atoms. The SMILES string of the molecule is COc1cc2c(cc1OC)CN1C(=O)N(CCC(=O)NCc3ccccn3)C(=O)C1C2. The predicted molar refractivity (Wildman–Crippen MR) is 110 cm³/mol. The van der Waals surface area contributed by atoms with Crippen molar-refractivity contribution in [2.45, 2.75) is 32.0 Å². The first-order valence-electron chi connectivity index (χ1n) is 10.0. The van der Waals surface area contributed by atoms with E-state index in [0.717, 1.165) is 16.8 Å². The maximum absolute atomic E-state index is 12.9. The number of benzene rings is 1. The first kappa shape index (κ1) is 20.6. The Morgan fingerprint density at radius 1 is 1.16 bits per heavy atom. The molecule has 0 radical (unpaired) electrons. The summed E-state index contributed by atoms with van der Waals surface area (Å²) in [7, 11) is 3.12. The van der Waals surface area contributed by atoms with Gasteiger partial charge in [0.2, 0.25) is 5.91 Å². The van der Waals surface area contributed by atoms with Crippen molar-refractivity contribution in [1.82, 2.24) is 20.1 Å². The minimum Gasteiger partial charge on any atom is -0.493 e. The number of hydrogen-bond acceptors (Lipinski definition) is 6. The molecule has 9 heteroatoms. The maximum atomic E-state index is 12.9. The minimum atomic E-state index is -0.560. The van der Waals surface area contributed by atoms with E-state index in [9.17, 15) is 14.4 Å². The van der Waals surface area contributed by atoms with Crippen LogP contribution in [0.3, 0.4) is 0 Å². The Morgan fingerprint density at radius 2 is 1.90 bits per heavy atom. The molecule has 1 unspecified atom stereocenters. The van der Waals surface area contributed by atoms with Crippen molar-refractivity contribution in [1.29, 1.82) is 0 Å². The summed E-state index contributed by atoms with van der Waals surface area (Å²) in [5, 5.41) is 2.76. The van der Waals surface area contributed by atoms with Crippen molar-refractivity contribution in [3.05, 3.63) is 53.3 Å². The fourth-order valence-corrected chi connectivity index (χ4v) is 3.96. The number of methoxy groups -OCH3 is 2. The first-order valence-corrected chi connectivity index (χ1v) is 10.0. The van der Waals surface area contributed by atoms with Crippen molar-refractivity contribution in [2.75, 3.05) is 20.8 Å². The lowest BCUT2D eigenvalue weighted by molar-refractivity contribution is -0.129. The molecule has 1 aromatic carbocycles. The molecule has 1 N–H and O–H groups in total. The molecule has 0 spiro atoms. The number of nitrogens with zero attached hydrogens (tertiary/aromatic N) is 3. The number of carbonyl (C=O) groups is 3. The van der Waals surface area contributed by atoms with Gasteiger partial charge in [-0.3, -0.25) is 19.5 Å². The number of hydrogen-bond donors (Lipinski definition) is 1. The Bertz CT molecular complexity index is 959. The number of carbonyl (C=O) groups excluding carboxylic acids is 3. The first-order chi connectivity index (χ1) is 15.0. The van der Waals surface area contributed by atoms with Crippen LogP contribution in [0.15, 0.2) is 36.5 Å². The van der Waals surface area contributed by atoms with Crippen LogP contribution in [0, 0.1) is 0 Å². The smallest absolute Gasteiger partial charge is 0.327 e. The molecule has 3 heterocycles. The number of amides is 4. The Balaban J connectivity index is 1.39. The van der Waals surface area contributed by atoms with Crippen LogP contribution in [0.2, 0.25) is 0 Å². The monoisotopic (exact) mass is 424 g/mol. The summed E-state index contributed by atoms with van der Waals surface area (Å²) in [6.07, 6.45) is 2.10. The highest BCUT2D eigenvalue weighted by Crippen LogP contribution is 2.37. The lowest BCUT2D eigenvalue weighted by atomic mass is 9.94. The molecule has 0 saturated carbocycles. The van der Waals surface area contributed by atoms with Crippen molar-refractivity contribution in [2.24, 2.45) is 0 Å². The molecule has 1 aromatic heterocycles. The van der Waals surface area contributed by atoms with Gasteiger partial charge in [-0.15, -0.1) is 0 Å². The number of fused-ring (bicyclic) bond motifs is 2. The van der Waals surface area contributed by atoms with Crippen molar-refractivity contribution in [3.63, 3.8) is 0 Å². The third-order valence-corrected chi connectivity index (χ3v) is 5.62. The maximum Gasteiger partial charge on any atom is 0.327 e. The van der Waals surface area contributed by atoms with Gasteiger partial charge in [0.05, 0.1) is 26.5 Å². The van der Waals surface area contributed by atoms with Crippen LogP contribution in [0.4, 0.5) is 4.79 Å². The average Bonchev–Trinajstić information content (AvgIpc) is 3.03. The standard InChI is InChI=1S/C22H24N4O5/c1-30-18-10-14-9-17-21(28)25(22(29)26(17)13-15(14)11-19(18)31-2)8-6-20(27)24-12-16-5-3-4-7-23-16/h3-5,7,10-11,17H,6,8-9,12-13H2,1-2H3,(H,24,27). The zero-order chi connectivity index (χ0) is 22.0. The zero-order valence-electron chi connectivity index (χ0n) is 17.5. The van der Waals surface area contributed by atoms with Crippen molar-refractivity contribution >= 4 is 17.8 Å². The van der Waals surface area contributed by atoms with E-state index >= 15 is 0 Å². The zero-order valence-corrected chi connectivity index (χ0v) is 17.5. The van der Waals surface area contributed by atoms with Crippen LogP contribution in [0.25, 0.3) is 0 Å². The number of nitrogens with one attached hydrogen (secondary N) is 1. The van der Waals surface area contributed by atoms with Crippen LogP contribution in [-0.2, 0) is 29.1 Å². The van der Waals surface area contributed by atoms with Crippen molar-refractivity contribution in [3.8, 4) is 11.5 Å². The quantitative estimate of drug-likeness (QED) is 0.676. The van der Waals surface area contributed by atoms with E-state index in [0.29, 0.717) is 31.0 Å². The van der Waals surface area contributed by atoms with Gasteiger partial charge in [0.25, 0.3) is 5.91 Å². The number of imide groups is 1. The molecule has 0 aliphatic carbocycles. The third kappa shape index (κ3) is 4.03. The Morgan fingerprint density at radius 3 is 2.58 bits per heavy atom. The second-order valence-corrected chi connectivity index (χ2v) is 7.44. The summed E-state index contributed by atoms with van der Waals surface area (Å²) in [4.78, 5) is 44.8. The van der Waals surface area contributed by atoms with E-state index in [4.69, 9.17) is 9.47 Å². The molecular weight excluding hydrogens is 400 g/mol. The van der Waals surface area contributed by atoms with E-state index in [1.807, 2.05) is 24.3 Å². The second-order valence-electron chi connectivity index (χ2n) is 7.44. The molecule has 4 amide bonds. The van der Waals surface area contributed by atoms with E-state index in [1.165, 1.54) is 4.90 Å². The Hall–Kier alpha value is -3.62. The van der Waals surface area contributed by atoms with E-state index < -0.39 is 6.04 Å². The predicted octanol–water partition coefficient (Wildman–Crippen LogP) is 1.49. The summed E-state index contributed by atoms with van der Waals surface area (Å²) in [6, 6.07) is 8.23. The van der Waals surface area contributed by atoms with Crippen LogP contribution >= 0.6 is 0 Å². The molecule has 2 aliphatic rings.